The Morgan fingerprint density at radius 1 is 0.305 bits per heavy atom. The molecule has 2 heterocycles. The predicted molar refractivity (Wildman–Crippen MR) is 246 cm³/mol. The first-order valence-electron chi connectivity index (χ1n) is 20.0. The summed E-state index contributed by atoms with van der Waals surface area (Å²) in [6.45, 7) is 0. The Morgan fingerprint density at radius 2 is 0.746 bits per heavy atom. The molecule has 0 spiro atoms. The monoisotopic (exact) mass is 754 g/mol. The lowest BCUT2D eigenvalue weighted by molar-refractivity contribution is 1.10. The molecule has 4 heteroatoms. The van der Waals surface area contributed by atoms with Gasteiger partial charge in [-0.2, -0.15) is 0 Å². The first kappa shape index (κ1) is 34.3. The first-order chi connectivity index (χ1) is 29.3. The van der Waals surface area contributed by atoms with Crippen LogP contribution in [0.15, 0.2) is 231 Å². The van der Waals surface area contributed by atoms with Gasteiger partial charge in [-0.3, -0.25) is 4.57 Å². The normalized spacial score (nSPS) is 11.4. The summed E-state index contributed by atoms with van der Waals surface area (Å²) in [4.78, 5) is 7.43. The highest BCUT2D eigenvalue weighted by Gasteiger charge is 2.19. The average molecular weight is 755 g/mol. The van der Waals surface area contributed by atoms with E-state index in [9.17, 15) is 0 Å². The summed E-state index contributed by atoms with van der Waals surface area (Å²) in [7, 11) is 0. The van der Waals surface area contributed by atoms with Crippen molar-refractivity contribution in [2.75, 3.05) is 4.90 Å². The van der Waals surface area contributed by atoms with Crippen LogP contribution in [0.5, 0.6) is 0 Å². The van der Waals surface area contributed by atoms with E-state index in [4.69, 9.17) is 4.98 Å². The molecule has 59 heavy (non-hydrogen) atoms. The van der Waals surface area contributed by atoms with Crippen LogP contribution in [0.3, 0.4) is 0 Å². The summed E-state index contributed by atoms with van der Waals surface area (Å²) in [6, 6.07) is 82.2. The molecule has 0 aliphatic heterocycles. The van der Waals surface area contributed by atoms with Gasteiger partial charge in [-0.1, -0.05) is 121 Å². The molecule has 0 N–H and O–H groups in total. The van der Waals surface area contributed by atoms with Crippen LogP contribution in [-0.2, 0) is 0 Å². The molecule has 9 aromatic carbocycles. The largest absolute Gasteiger partial charge is 0.311 e. The molecule has 0 amide bonds. The zero-order valence-corrected chi connectivity index (χ0v) is 32.2. The molecule has 0 atom stereocenters. The second kappa shape index (κ2) is 14.5. The van der Waals surface area contributed by atoms with Crippen molar-refractivity contribution in [2.24, 2.45) is 0 Å². The minimum Gasteiger partial charge on any atom is -0.311 e. The Balaban J connectivity index is 1.01. The summed E-state index contributed by atoms with van der Waals surface area (Å²) >= 11 is 0. The second-order valence-electron chi connectivity index (χ2n) is 14.9. The first-order valence-corrected chi connectivity index (χ1v) is 20.0. The molecular weight excluding hydrogens is 717 g/mol. The fraction of sp³-hybridized carbons (Fsp3) is 0. The third kappa shape index (κ3) is 6.15. The lowest BCUT2D eigenvalue weighted by atomic mass is 10.0. The molecule has 0 aliphatic rings. The Kier molecular flexibility index (Phi) is 8.45. The van der Waals surface area contributed by atoms with Gasteiger partial charge in [-0.15, -0.1) is 0 Å². The van der Waals surface area contributed by atoms with E-state index in [-0.39, 0.29) is 0 Å². The topological polar surface area (TPSA) is 26.0 Å². The molecule has 11 aromatic rings. The predicted octanol–water partition coefficient (Wildman–Crippen LogP) is 14.6. The second-order valence-corrected chi connectivity index (χ2v) is 14.9. The average Bonchev–Trinajstić information content (AvgIpc) is 3.87. The van der Waals surface area contributed by atoms with Gasteiger partial charge in [0.1, 0.15) is 5.82 Å². The van der Waals surface area contributed by atoms with Gasteiger partial charge in [0.25, 0.3) is 0 Å². The van der Waals surface area contributed by atoms with Gasteiger partial charge in [-0.25, -0.2) is 4.98 Å². The number of aromatic nitrogens is 3. The molecule has 0 aliphatic carbocycles. The number of benzene rings is 9. The minimum atomic E-state index is 0.914. The summed E-state index contributed by atoms with van der Waals surface area (Å²) in [5.74, 6) is 0.914. The fourth-order valence-corrected chi connectivity index (χ4v) is 8.51. The van der Waals surface area contributed by atoms with Crippen molar-refractivity contribution in [3.63, 3.8) is 0 Å². The highest BCUT2D eigenvalue weighted by molar-refractivity contribution is 6.11. The zero-order chi connectivity index (χ0) is 39.1. The molecule has 0 saturated heterocycles. The number of para-hydroxylation sites is 4. The standard InChI is InChI=1S/C55H38N4/c1-5-15-39(16-6-1)42-27-35-52-49(37-42)50-38-43(40-17-7-2-8-18-40)28-36-53(50)58(52)48-33-31-47(32-34-48)57(44-19-9-3-10-20-44)46-29-25-41(26-30-46)55-56-51-23-13-14-24-54(51)59(55)45-21-11-4-12-22-45/h1-38H. The maximum Gasteiger partial charge on any atom is 0.145 e. The fourth-order valence-electron chi connectivity index (χ4n) is 8.51. The van der Waals surface area contributed by atoms with Crippen molar-refractivity contribution < 1.29 is 0 Å². The van der Waals surface area contributed by atoms with Crippen LogP contribution < -0.4 is 4.90 Å². The van der Waals surface area contributed by atoms with Gasteiger partial charge in [0.15, 0.2) is 0 Å². The van der Waals surface area contributed by atoms with Crippen molar-refractivity contribution in [2.45, 2.75) is 0 Å². The number of rotatable bonds is 8. The van der Waals surface area contributed by atoms with E-state index < -0.39 is 0 Å². The summed E-state index contributed by atoms with van der Waals surface area (Å²) in [5.41, 5.74) is 15.7. The van der Waals surface area contributed by atoms with E-state index in [1.54, 1.807) is 0 Å². The number of hydrogen-bond acceptors (Lipinski definition) is 2. The number of fused-ring (bicyclic) bond motifs is 4. The van der Waals surface area contributed by atoms with Crippen LogP contribution in [0.4, 0.5) is 17.1 Å². The Labute approximate surface area is 343 Å². The third-order valence-electron chi connectivity index (χ3n) is 11.3. The van der Waals surface area contributed by atoms with Crippen LogP contribution in [0.25, 0.3) is 77.9 Å². The van der Waals surface area contributed by atoms with Crippen LogP contribution >= 0.6 is 0 Å². The number of nitrogens with zero attached hydrogens (tertiary/aromatic N) is 4. The highest BCUT2D eigenvalue weighted by Crippen LogP contribution is 2.40. The molecule has 0 saturated carbocycles. The summed E-state index contributed by atoms with van der Waals surface area (Å²) in [6.07, 6.45) is 0. The van der Waals surface area contributed by atoms with Crippen LogP contribution in [-0.4, -0.2) is 14.1 Å². The van der Waals surface area contributed by atoms with Gasteiger partial charge < -0.3 is 9.47 Å². The van der Waals surface area contributed by atoms with Gasteiger partial charge in [0, 0.05) is 44.8 Å². The quantitative estimate of drug-likeness (QED) is 0.154. The lowest BCUT2D eigenvalue weighted by Crippen LogP contribution is -2.10. The molecule has 4 nitrogen and oxygen atoms in total. The maximum absolute atomic E-state index is 5.11. The van der Waals surface area contributed by atoms with Gasteiger partial charge in [-0.05, 0) is 131 Å². The summed E-state index contributed by atoms with van der Waals surface area (Å²) < 4.78 is 4.65. The summed E-state index contributed by atoms with van der Waals surface area (Å²) in [5, 5.41) is 2.46. The Hall–Kier alpha value is -7.95. The highest BCUT2D eigenvalue weighted by atomic mass is 15.1. The van der Waals surface area contributed by atoms with Crippen LogP contribution in [0, 0.1) is 0 Å². The minimum absolute atomic E-state index is 0.914. The molecule has 0 bridgehead atoms. The van der Waals surface area contributed by atoms with E-state index in [0.29, 0.717) is 0 Å². The van der Waals surface area contributed by atoms with Crippen molar-refractivity contribution >= 4 is 49.9 Å². The molecule has 0 fully saturated rings. The van der Waals surface area contributed by atoms with Crippen LogP contribution in [0.1, 0.15) is 0 Å². The number of anilines is 3. The van der Waals surface area contributed by atoms with Crippen molar-refractivity contribution in [3.05, 3.63) is 231 Å². The maximum atomic E-state index is 5.11. The van der Waals surface area contributed by atoms with Gasteiger partial charge in [0.05, 0.1) is 22.1 Å². The van der Waals surface area contributed by atoms with Crippen molar-refractivity contribution in [1.29, 1.82) is 0 Å². The van der Waals surface area contributed by atoms with Gasteiger partial charge in [0.2, 0.25) is 0 Å². The van der Waals surface area contributed by atoms with E-state index in [1.807, 2.05) is 12.1 Å². The van der Waals surface area contributed by atoms with Crippen LogP contribution in [0.2, 0.25) is 0 Å². The SMILES string of the molecule is c1ccc(-c2ccc3c(c2)c2cc(-c4ccccc4)ccc2n3-c2ccc(N(c3ccccc3)c3ccc(-c4nc5ccccc5n4-c4ccccc4)cc3)cc2)cc1. The Morgan fingerprint density at radius 3 is 1.32 bits per heavy atom. The molecule has 0 unspecified atom stereocenters. The van der Waals surface area contributed by atoms with Gasteiger partial charge >= 0.3 is 0 Å². The lowest BCUT2D eigenvalue weighted by Gasteiger charge is -2.26. The Bertz CT molecular complexity index is 3130. The van der Waals surface area contributed by atoms with E-state index >= 15 is 0 Å². The van der Waals surface area contributed by atoms with Crippen molar-refractivity contribution in [1.82, 2.24) is 14.1 Å². The zero-order valence-electron chi connectivity index (χ0n) is 32.2. The smallest absolute Gasteiger partial charge is 0.145 e. The molecule has 278 valence electrons. The number of hydrogen-bond donors (Lipinski definition) is 0. The third-order valence-corrected chi connectivity index (χ3v) is 11.3. The van der Waals surface area contributed by atoms with E-state index in [2.05, 4.69) is 232 Å². The number of imidazole rings is 1. The van der Waals surface area contributed by atoms with Crippen molar-refractivity contribution in [3.8, 4) is 45.0 Å². The molecule has 11 rings (SSSR count). The molecule has 2 aromatic heterocycles. The molecular formula is C55H38N4. The van der Waals surface area contributed by atoms with E-state index in [0.717, 1.165) is 50.9 Å². The molecule has 0 radical (unpaired) electrons. The van der Waals surface area contributed by atoms with E-state index in [1.165, 1.54) is 44.1 Å².